The standard InChI is InChI=1S/C23H18ClNO3S/c1-14-4-3-5-16(10-14)13-25-22(26)21(29-23(25)27)12-18-8-9-20(28-18)19-11-17(24)7-6-15(19)2/h3-12H,13H2,1-2H3/b21-12-. The van der Waals surface area contributed by atoms with Crippen molar-refractivity contribution in [1.29, 1.82) is 0 Å². The summed E-state index contributed by atoms with van der Waals surface area (Å²) in [5.74, 6) is 0.870. The molecule has 1 fully saturated rings. The van der Waals surface area contributed by atoms with Crippen LogP contribution >= 0.6 is 23.4 Å². The third kappa shape index (κ3) is 4.16. The van der Waals surface area contributed by atoms with Crippen LogP contribution in [0.5, 0.6) is 0 Å². The molecule has 146 valence electrons. The normalized spacial score (nSPS) is 15.6. The van der Waals surface area contributed by atoms with Crippen molar-refractivity contribution >= 4 is 40.6 Å². The van der Waals surface area contributed by atoms with Gasteiger partial charge in [-0.15, -0.1) is 0 Å². The number of imide groups is 1. The molecule has 0 aliphatic carbocycles. The van der Waals surface area contributed by atoms with E-state index in [2.05, 4.69) is 0 Å². The molecule has 0 bridgehead atoms. The van der Waals surface area contributed by atoms with Gasteiger partial charge in [0.2, 0.25) is 0 Å². The van der Waals surface area contributed by atoms with Crippen LogP contribution in [0.4, 0.5) is 4.79 Å². The largest absolute Gasteiger partial charge is 0.457 e. The quantitative estimate of drug-likeness (QED) is 0.452. The molecule has 2 amide bonds. The first-order valence-corrected chi connectivity index (χ1v) is 10.3. The van der Waals surface area contributed by atoms with Crippen LogP contribution in [0.15, 0.2) is 63.9 Å². The number of amides is 2. The molecule has 0 saturated carbocycles. The van der Waals surface area contributed by atoms with Gasteiger partial charge in [0.05, 0.1) is 11.4 Å². The van der Waals surface area contributed by atoms with Gasteiger partial charge in [0, 0.05) is 16.7 Å². The predicted molar refractivity (Wildman–Crippen MR) is 117 cm³/mol. The zero-order valence-corrected chi connectivity index (χ0v) is 17.5. The lowest BCUT2D eigenvalue weighted by Crippen LogP contribution is -2.27. The maximum absolute atomic E-state index is 12.7. The number of rotatable bonds is 4. The molecule has 1 aliphatic rings. The minimum absolute atomic E-state index is 0.259. The summed E-state index contributed by atoms with van der Waals surface area (Å²) in [6.45, 7) is 4.21. The summed E-state index contributed by atoms with van der Waals surface area (Å²) in [6, 6.07) is 17.0. The van der Waals surface area contributed by atoms with Crippen molar-refractivity contribution in [3.05, 3.63) is 87.0 Å². The second kappa shape index (κ2) is 7.93. The Labute approximate surface area is 178 Å². The second-order valence-corrected chi connectivity index (χ2v) is 8.35. The summed E-state index contributed by atoms with van der Waals surface area (Å²) >= 11 is 7.02. The molecule has 0 spiro atoms. The Kier molecular flexibility index (Phi) is 5.35. The van der Waals surface area contributed by atoms with E-state index in [1.807, 2.05) is 62.4 Å². The molecule has 4 nitrogen and oxygen atoms in total. The van der Waals surface area contributed by atoms with E-state index in [0.29, 0.717) is 21.4 Å². The molecule has 2 heterocycles. The minimum Gasteiger partial charge on any atom is -0.457 e. The van der Waals surface area contributed by atoms with Crippen molar-refractivity contribution in [2.75, 3.05) is 0 Å². The van der Waals surface area contributed by atoms with E-state index in [9.17, 15) is 9.59 Å². The van der Waals surface area contributed by atoms with Crippen LogP contribution in [0.2, 0.25) is 5.02 Å². The highest BCUT2D eigenvalue weighted by Gasteiger charge is 2.35. The van der Waals surface area contributed by atoms with Gasteiger partial charge in [-0.25, -0.2) is 0 Å². The number of furan rings is 1. The van der Waals surface area contributed by atoms with Gasteiger partial charge in [0.25, 0.3) is 11.1 Å². The molecule has 4 rings (SSSR count). The number of benzene rings is 2. The molecular weight excluding hydrogens is 406 g/mol. The van der Waals surface area contributed by atoms with Gasteiger partial charge in [-0.2, -0.15) is 0 Å². The predicted octanol–water partition coefficient (Wildman–Crippen LogP) is 6.45. The maximum Gasteiger partial charge on any atom is 0.293 e. The maximum atomic E-state index is 12.7. The molecule has 0 atom stereocenters. The summed E-state index contributed by atoms with van der Waals surface area (Å²) < 4.78 is 5.89. The van der Waals surface area contributed by atoms with Gasteiger partial charge in [-0.05, 0) is 61.0 Å². The Morgan fingerprint density at radius 2 is 1.90 bits per heavy atom. The smallest absolute Gasteiger partial charge is 0.293 e. The zero-order chi connectivity index (χ0) is 20.5. The monoisotopic (exact) mass is 423 g/mol. The summed E-state index contributed by atoms with van der Waals surface area (Å²) in [5, 5.41) is 0.348. The van der Waals surface area contributed by atoms with Crippen LogP contribution in [-0.2, 0) is 11.3 Å². The Hall–Kier alpha value is -2.76. The summed E-state index contributed by atoms with van der Waals surface area (Å²) in [6.07, 6.45) is 1.62. The topological polar surface area (TPSA) is 50.5 Å². The van der Waals surface area contributed by atoms with E-state index >= 15 is 0 Å². The van der Waals surface area contributed by atoms with Crippen LogP contribution in [0, 0.1) is 13.8 Å². The van der Waals surface area contributed by atoms with E-state index in [-0.39, 0.29) is 17.7 Å². The van der Waals surface area contributed by atoms with E-state index in [1.165, 1.54) is 4.90 Å². The van der Waals surface area contributed by atoms with E-state index in [4.69, 9.17) is 16.0 Å². The molecule has 3 aromatic rings. The fourth-order valence-corrected chi connectivity index (χ4v) is 4.18. The van der Waals surface area contributed by atoms with Crippen molar-refractivity contribution in [2.24, 2.45) is 0 Å². The third-order valence-corrected chi connectivity index (χ3v) is 5.80. The number of carbonyl (C=O) groups is 2. The molecule has 1 saturated heterocycles. The highest BCUT2D eigenvalue weighted by Crippen LogP contribution is 2.35. The highest BCUT2D eigenvalue weighted by molar-refractivity contribution is 8.18. The number of carbonyl (C=O) groups excluding carboxylic acids is 2. The summed E-state index contributed by atoms with van der Waals surface area (Å²) in [5.41, 5.74) is 3.94. The lowest BCUT2D eigenvalue weighted by molar-refractivity contribution is -0.123. The fraction of sp³-hybridized carbons (Fsp3) is 0.130. The molecule has 1 aromatic heterocycles. The Bertz CT molecular complexity index is 1150. The van der Waals surface area contributed by atoms with Crippen LogP contribution < -0.4 is 0 Å². The molecule has 0 unspecified atom stereocenters. The van der Waals surface area contributed by atoms with Crippen LogP contribution in [-0.4, -0.2) is 16.0 Å². The Balaban J connectivity index is 1.56. The Morgan fingerprint density at radius 1 is 1.07 bits per heavy atom. The third-order valence-electron chi connectivity index (χ3n) is 4.66. The van der Waals surface area contributed by atoms with Crippen LogP contribution in [0.25, 0.3) is 17.4 Å². The molecule has 6 heteroatoms. The van der Waals surface area contributed by atoms with Gasteiger partial charge in [0.15, 0.2) is 0 Å². The number of aryl methyl sites for hydroxylation is 2. The van der Waals surface area contributed by atoms with E-state index in [1.54, 1.807) is 12.1 Å². The average molecular weight is 424 g/mol. The Morgan fingerprint density at radius 3 is 2.69 bits per heavy atom. The van der Waals surface area contributed by atoms with Crippen LogP contribution in [0.3, 0.4) is 0 Å². The molecular formula is C23H18ClNO3S. The van der Waals surface area contributed by atoms with Crippen molar-refractivity contribution in [3.8, 4) is 11.3 Å². The highest BCUT2D eigenvalue weighted by atomic mass is 35.5. The van der Waals surface area contributed by atoms with Crippen molar-refractivity contribution in [2.45, 2.75) is 20.4 Å². The van der Waals surface area contributed by atoms with Crippen molar-refractivity contribution in [3.63, 3.8) is 0 Å². The van der Waals surface area contributed by atoms with Gasteiger partial charge in [-0.3, -0.25) is 14.5 Å². The second-order valence-electron chi connectivity index (χ2n) is 6.92. The van der Waals surface area contributed by atoms with Crippen molar-refractivity contribution < 1.29 is 14.0 Å². The van der Waals surface area contributed by atoms with Gasteiger partial charge in [-0.1, -0.05) is 47.5 Å². The minimum atomic E-state index is -0.307. The number of hydrogen-bond donors (Lipinski definition) is 0. The molecule has 29 heavy (non-hydrogen) atoms. The molecule has 1 aliphatic heterocycles. The SMILES string of the molecule is Cc1cccc(CN2C(=O)S/C(=C\c3ccc(-c4cc(Cl)ccc4C)o3)C2=O)c1. The molecule has 0 N–H and O–H groups in total. The zero-order valence-electron chi connectivity index (χ0n) is 15.9. The number of halogens is 1. The van der Waals surface area contributed by atoms with Gasteiger partial charge >= 0.3 is 0 Å². The van der Waals surface area contributed by atoms with Gasteiger partial charge < -0.3 is 4.42 Å². The summed E-state index contributed by atoms with van der Waals surface area (Å²) in [7, 11) is 0. The summed E-state index contributed by atoms with van der Waals surface area (Å²) in [4.78, 5) is 26.7. The molecule has 0 radical (unpaired) electrons. The molecule has 2 aromatic carbocycles. The first kappa shape index (κ1) is 19.6. The van der Waals surface area contributed by atoms with Gasteiger partial charge in [0.1, 0.15) is 11.5 Å². The first-order valence-electron chi connectivity index (χ1n) is 9.08. The van der Waals surface area contributed by atoms with Crippen molar-refractivity contribution in [1.82, 2.24) is 4.90 Å². The van der Waals surface area contributed by atoms with E-state index < -0.39 is 0 Å². The van der Waals surface area contributed by atoms with Crippen LogP contribution in [0.1, 0.15) is 22.5 Å². The number of hydrogen-bond acceptors (Lipinski definition) is 4. The number of nitrogens with zero attached hydrogens (tertiary/aromatic N) is 1. The average Bonchev–Trinajstić information content (AvgIpc) is 3.24. The lowest BCUT2D eigenvalue weighted by atomic mass is 10.1. The lowest BCUT2D eigenvalue weighted by Gasteiger charge is -2.12. The fourth-order valence-electron chi connectivity index (χ4n) is 3.19. The van der Waals surface area contributed by atoms with E-state index in [0.717, 1.165) is 34.0 Å². The first-order chi connectivity index (χ1) is 13.9. The number of thioether (sulfide) groups is 1.